The van der Waals surface area contributed by atoms with E-state index in [1.54, 1.807) is 31.2 Å². The largest absolute Gasteiger partial charge is 0.389 e. The van der Waals surface area contributed by atoms with Gasteiger partial charge in [0.15, 0.2) is 0 Å². The number of nitrogens with zero attached hydrogens (tertiary/aromatic N) is 1. The summed E-state index contributed by atoms with van der Waals surface area (Å²) in [6, 6.07) is 10.7. The Hall–Kier alpha value is -3.76. The van der Waals surface area contributed by atoms with Crippen molar-refractivity contribution in [3.8, 4) is 0 Å². The van der Waals surface area contributed by atoms with Crippen molar-refractivity contribution >= 4 is 29.1 Å². The summed E-state index contributed by atoms with van der Waals surface area (Å²) in [6.07, 6.45) is -6.24. The van der Waals surface area contributed by atoms with E-state index < -0.39 is 60.6 Å². The monoisotopic (exact) mass is 532 g/mol. The first kappa shape index (κ1) is 27.3. The number of benzene rings is 2. The van der Waals surface area contributed by atoms with Gasteiger partial charge in [0, 0.05) is 29.4 Å². The number of hydrogen-bond acceptors (Lipinski definition) is 4. The van der Waals surface area contributed by atoms with Crippen LogP contribution in [-0.2, 0) is 14.4 Å². The number of aryl methyl sites for hydroxylation is 1. The number of anilines is 1. The molecule has 1 saturated carbocycles. The molecular weight excluding hydrogens is 504 g/mol. The molecule has 3 unspecified atom stereocenters. The Labute approximate surface area is 216 Å². The van der Waals surface area contributed by atoms with Gasteiger partial charge in [-0.1, -0.05) is 43.2 Å². The molecular formula is C27H28F4N4O3. The maximum absolute atomic E-state index is 14.1. The van der Waals surface area contributed by atoms with E-state index in [4.69, 9.17) is 5.73 Å². The predicted molar refractivity (Wildman–Crippen MR) is 133 cm³/mol. The molecule has 11 heteroatoms. The number of fused-ring (bicyclic) bond motifs is 1. The van der Waals surface area contributed by atoms with E-state index in [9.17, 15) is 31.9 Å². The average molecular weight is 533 g/mol. The smallest absolute Gasteiger partial charge is 0.369 e. The second-order valence-electron chi connectivity index (χ2n) is 9.83. The number of para-hydroxylation sites is 1. The number of benzodiazepines with no additional fused rings is 1. The molecule has 4 N–H and O–H groups in total. The van der Waals surface area contributed by atoms with Crippen LogP contribution in [0.4, 0.5) is 23.2 Å². The first-order chi connectivity index (χ1) is 17.9. The van der Waals surface area contributed by atoms with Crippen LogP contribution in [0.1, 0.15) is 48.8 Å². The zero-order chi connectivity index (χ0) is 27.6. The summed E-state index contributed by atoms with van der Waals surface area (Å²) < 4.78 is 53.3. The Morgan fingerprint density at radius 1 is 1.16 bits per heavy atom. The molecule has 2 aliphatic rings. The van der Waals surface area contributed by atoms with Crippen LogP contribution in [0.3, 0.4) is 0 Å². The van der Waals surface area contributed by atoms with Crippen LogP contribution in [0, 0.1) is 30.5 Å². The van der Waals surface area contributed by atoms with Gasteiger partial charge in [0.05, 0.1) is 11.4 Å². The number of carbonyl (C=O) groups is 3. The van der Waals surface area contributed by atoms with Gasteiger partial charge in [-0.3, -0.25) is 14.4 Å². The highest BCUT2D eigenvalue weighted by Gasteiger charge is 2.41. The topological polar surface area (TPSA) is 114 Å². The van der Waals surface area contributed by atoms with E-state index in [-0.39, 0.29) is 18.1 Å². The molecule has 1 aliphatic carbocycles. The fourth-order valence-corrected chi connectivity index (χ4v) is 4.71. The Morgan fingerprint density at radius 2 is 1.87 bits per heavy atom. The van der Waals surface area contributed by atoms with Crippen LogP contribution >= 0.6 is 0 Å². The van der Waals surface area contributed by atoms with Crippen molar-refractivity contribution in [1.82, 2.24) is 5.32 Å². The third-order valence-corrected chi connectivity index (χ3v) is 6.87. The van der Waals surface area contributed by atoms with E-state index in [2.05, 4.69) is 15.6 Å². The van der Waals surface area contributed by atoms with Gasteiger partial charge in [0.1, 0.15) is 5.82 Å². The third-order valence-electron chi connectivity index (χ3n) is 6.87. The molecule has 1 heterocycles. The van der Waals surface area contributed by atoms with Crippen LogP contribution in [0.25, 0.3) is 0 Å². The molecule has 3 atom stereocenters. The van der Waals surface area contributed by atoms with Crippen molar-refractivity contribution in [2.45, 2.75) is 51.4 Å². The highest BCUT2D eigenvalue weighted by Crippen LogP contribution is 2.39. The molecule has 1 aliphatic heterocycles. The number of aliphatic imine (C=N–C) groups is 1. The summed E-state index contributed by atoms with van der Waals surface area (Å²) in [5, 5.41) is 5.15. The lowest BCUT2D eigenvalue weighted by molar-refractivity contribution is -0.146. The average Bonchev–Trinajstić information content (AvgIpc) is 3.66. The van der Waals surface area contributed by atoms with Gasteiger partial charge in [-0.2, -0.15) is 13.2 Å². The molecule has 0 spiro atoms. The maximum atomic E-state index is 14.1. The number of amides is 3. The summed E-state index contributed by atoms with van der Waals surface area (Å²) in [5.41, 5.74) is 7.65. The molecule has 4 rings (SSSR count). The molecule has 38 heavy (non-hydrogen) atoms. The van der Waals surface area contributed by atoms with E-state index in [1.807, 2.05) is 0 Å². The zero-order valence-corrected chi connectivity index (χ0v) is 20.6. The third kappa shape index (κ3) is 6.56. The Balaban J connectivity index is 1.69. The number of rotatable bonds is 9. The molecule has 0 aromatic heterocycles. The quantitative estimate of drug-likeness (QED) is 0.420. The minimum atomic E-state index is -4.55. The first-order valence-electron chi connectivity index (χ1n) is 12.3. The Morgan fingerprint density at radius 3 is 2.50 bits per heavy atom. The van der Waals surface area contributed by atoms with Crippen LogP contribution in [0.15, 0.2) is 47.5 Å². The van der Waals surface area contributed by atoms with E-state index >= 15 is 0 Å². The van der Waals surface area contributed by atoms with Crippen molar-refractivity contribution in [2.24, 2.45) is 28.5 Å². The summed E-state index contributed by atoms with van der Waals surface area (Å²) in [6.45, 7) is 1.75. The predicted octanol–water partition coefficient (Wildman–Crippen LogP) is 4.23. The van der Waals surface area contributed by atoms with Gasteiger partial charge in [0.25, 0.3) is 5.91 Å². The van der Waals surface area contributed by atoms with Crippen molar-refractivity contribution in [2.75, 3.05) is 5.32 Å². The number of primary amides is 1. The lowest BCUT2D eigenvalue weighted by Crippen LogP contribution is -2.48. The Kier molecular flexibility index (Phi) is 7.84. The minimum absolute atomic E-state index is 0.116. The highest BCUT2D eigenvalue weighted by atomic mass is 19.4. The number of alkyl halides is 3. The molecule has 0 saturated heterocycles. The molecule has 2 aromatic carbocycles. The number of halogens is 4. The molecule has 0 radical (unpaired) electrons. The standard InChI is InChI=1S/C27H28F4N4O3/c1-14-4-2-7-19-21(14)34-26(38)24(33-22(19)16-5-3-6-17(28)13-16)35-25(37)18(10-11-27(29,30)31)20(23(32)36)12-15-8-9-15/h2-7,13,15,18,20,24H,8-12H2,1H3,(H2,32,36)(H,34,38)(H,35,37). The lowest BCUT2D eigenvalue weighted by atomic mass is 9.83. The SMILES string of the molecule is Cc1cccc2c1NC(=O)C(NC(=O)C(CCC(F)(F)F)C(CC1CC1)C(N)=O)N=C2c1cccc(F)c1. The summed E-state index contributed by atoms with van der Waals surface area (Å²) >= 11 is 0. The summed E-state index contributed by atoms with van der Waals surface area (Å²) in [5.74, 6) is -5.47. The van der Waals surface area contributed by atoms with Gasteiger partial charge >= 0.3 is 6.18 Å². The number of nitrogens with two attached hydrogens (primary N) is 1. The highest BCUT2D eigenvalue weighted by molar-refractivity contribution is 6.20. The number of hydrogen-bond donors (Lipinski definition) is 3. The van der Waals surface area contributed by atoms with Crippen LogP contribution in [0.5, 0.6) is 0 Å². The van der Waals surface area contributed by atoms with Crippen molar-refractivity contribution in [3.63, 3.8) is 0 Å². The number of carbonyl (C=O) groups excluding carboxylic acids is 3. The van der Waals surface area contributed by atoms with Crippen LogP contribution in [-0.4, -0.2) is 35.8 Å². The van der Waals surface area contributed by atoms with Gasteiger partial charge in [-0.15, -0.1) is 0 Å². The van der Waals surface area contributed by atoms with Gasteiger partial charge < -0.3 is 16.4 Å². The van der Waals surface area contributed by atoms with Gasteiger partial charge in [-0.25, -0.2) is 9.38 Å². The van der Waals surface area contributed by atoms with Crippen molar-refractivity contribution in [3.05, 3.63) is 65.0 Å². The van der Waals surface area contributed by atoms with Crippen molar-refractivity contribution in [1.29, 1.82) is 0 Å². The summed E-state index contributed by atoms with van der Waals surface area (Å²) in [4.78, 5) is 43.2. The van der Waals surface area contributed by atoms with Crippen LogP contribution in [0.2, 0.25) is 0 Å². The normalized spacial score (nSPS) is 18.9. The molecule has 0 bridgehead atoms. The second-order valence-corrected chi connectivity index (χ2v) is 9.83. The first-order valence-corrected chi connectivity index (χ1v) is 12.3. The van der Waals surface area contributed by atoms with E-state index in [0.717, 1.165) is 12.8 Å². The van der Waals surface area contributed by atoms with Gasteiger partial charge in [-0.05, 0) is 43.4 Å². The zero-order valence-electron chi connectivity index (χ0n) is 20.6. The van der Waals surface area contributed by atoms with Crippen molar-refractivity contribution < 1.29 is 31.9 Å². The summed E-state index contributed by atoms with van der Waals surface area (Å²) in [7, 11) is 0. The minimum Gasteiger partial charge on any atom is -0.369 e. The fourth-order valence-electron chi connectivity index (χ4n) is 4.71. The molecule has 7 nitrogen and oxygen atoms in total. The molecule has 2 aromatic rings. The molecule has 1 fully saturated rings. The van der Waals surface area contributed by atoms with E-state index in [1.165, 1.54) is 18.2 Å². The molecule has 3 amide bonds. The van der Waals surface area contributed by atoms with Gasteiger partial charge in [0.2, 0.25) is 18.0 Å². The Bertz CT molecular complexity index is 1270. The second kappa shape index (κ2) is 10.9. The number of nitrogens with one attached hydrogen (secondary N) is 2. The van der Waals surface area contributed by atoms with E-state index in [0.29, 0.717) is 22.4 Å². The lowest BCUT2D eigenvalue weighted by Gasteiger charge is -2.26. The molecule has 202 valence electrons. The van der Waals surface area contributed by atoms with Crippen LogP contribution < -0.4 is 16.4 Å². The fraction of sp³-hybridized carbons (Fsp3) is 0.407. The maximum Gasteiger partial charge on any atom is 0.389 e.